The van der Waals surface area contributed by atoms with Gasteiger partial charge in [0.05, 0.1) is 5.92 Å². The molecule has 0 aromatic heterocycles. The number of oxime groups is 1. The number of amidine groups is 1. The lowest BCUT2D eigenvalue weighted by molar-refractivity contribution is -0.136. The molecule has 104 valence electrons. The summed E-state index contributed by atoms with van der Waals surface area (Å²) in [6, 6.07) is 0.396. The maximum atomic E-state index is 12.3. The number of hydrogen-bond donors (Lipinski definition) is 2. The number of carbonyl (C=O) groups excluding carboxylic acids is 1. The molecule has 1 rings (SSSR count). The minimum absolute atomic E-state index is 0.00877. The van der Waals surface area contributed by atoms with E-state index in [-0.39, 0.29) is 11.7 Å². The van der Waals surface area contributed by atoms with Crippen LogP contribution in [0.1, 0.15) is 26.7 Å². The van der Waals surface area contributed by atoms with Crippen LogP contribution in [0.2, 0.25) is 0 Å². The molecule has 1 aliphatic rings. The Morgan fingerprint density at radius 3 is 2.67 bits per heavy atom. The van der Waals surface area contributed by atoms with Gasteiger partial charge in [-0.2, -0.15) is 0 Å². The topological polar surface area (TPSA) is 82.2 Å². The second-order valence-corrected chi connectivity index (χ2v) is 4.81. The molecular weight excluding hydrogens is 232 g/mol. The lowest BCUT2D eigenvalue weighted by Crippen LogP contribution is -2.55. The van der Waals surface area contributed by atoms with Crippen LogP contribution in [0.5, 0.6) is 0 Å². The SMILES string of the molecule is CCC(C(=O)N1CCN(C)C(CC)C1)C(N)=NO. The van der Waals surface area contributed by atoms with Crippen molar-refractivity contribution in [1.29, 1.82) is 0 Å². The molecule has 1 amide bonds. The van der Waals surface area contributed by atoms with Crippen molar-refractivity contribution in [1.82, 2.24) is 9.80 Å². The van der Waals surface area contributed by atoms with Gasteiger partial charge in [0.15, 0.2) is 5.84 Å². The van der Waals surface area contributed by atoms with E-state index in [1.165, 1.54) is 0 Å². The molecule has 1 fully saturated rings. The summed E-state index contributed by atoms with van der Waals surface area (Å²) in [7, 11) is 2.08. The van der Waals surface area contributed by atoms with Crippen LogP contribution < -0.4 is 5.73 Å². The highest BCUT2D eigenvalue weighted by Gasteiger charge is 2.31. The van der Waals surface area contributed by atoms with Gasteiger partial charge in [-0.05, 0) is 19.9 Å². The minimum Gasteiger partial charge on any atom is -0.409 e. The van der Waals surface area contributed by atoms with Crippen molar-refractivity contribution in [2.45, 2.75) is 32.7 Å². The molecule has 0 saturated carbocycles. The molecule has 1 aliphatic heterocycles. The zero-order valence-electron chi connectivity index (χ0n) is 11.5. The summed E-state index contributed by atoms with van der Waals surface area (Å²) in [4.78, 5) is 16.4. The Morgan fingerprint density at radius 2 is 2.17 bits per heavy atom. The Hall–Kier alpha value is -1.30. The standard InChI is InChI=1S/C12H24N4O2/c1-4-9-8-16(7-6-15(9)3)12(17)10(5-2)11(13)14-18/h9-10,18H,4-8H2,1-3H3,(H2,13,14). The molecule has 1 saturated heterocycles. The summed E-state index contributed by atoms with van der Waals surface area (Å²) in [6.45, 7) is 6.29. The smallest absolute Gasteiger partial charge is 0.233 e. The van der Waals surface area contributed by atoms with E-state index in [2.05, 4.69) is 24.0 Å². The fraction of sp³-hybridized carbons (Fsp3) is 0.833. The van der Waals surface area contributed by atoms with Crippen molar-refractivity contribution in [3.8, 4) is 0 Å². The van der Waals surface area contributed by atoms with Gasteiger partial charge >= 0.3 is 0 Å². The van der Waals surface area contributed by atoms with E-state index in [0.29, 0.717) is 19.0 Å². The van der Waals surface area contributed by atoms with Crippen LogP contribution >= 0.6 is 0 Å². The normalized spacial score (nSPS) is 24.1. The first kappa shape index (κ1) is 14.8. The predicted octanol–water partition coefficient (Wildman–Crippen LogP) is 0.312. The first-order valence-corrected chi connectivity index (χ1v) is 6.51. The maximum absolute atomic E-state index is 12.3. The highest BCUT2D eigenvalue weighted by atomic mass is 16.4. The number of piperazine rings is 1. The second-order valence-electron chi connectivity index (χ2n) is 4.81. The lowest BCUT2D eigenvalue weighted by atomic mass is 10.0. The molecule has 6 nitrogen and oxygen atoms in total. The van der Waals surface area contributed by atoms with E-state index in [0.717, 1.165) is 19.5 Å². The molecule has 18 heavy (non-hydrogen) atoms. The number of carbonyl (C=O) groups is 1. The highest BCUT2D eigenvalue weighted by Crippen LogP contribution is 2.15. The number of nitrogens with two attached hydrogens (primary N) is 1. The third kappa shape index (κ3) is 3.13. The molecule has 1 heterocycles. The van der Waals surface area contributed by atoms with Crippen molar-refractivity contribution in [2.75, 3.05) is 26.7 Å². The first-order chi connectivity index (χ1) is 8.54. The molecule has 2 unspecified atom stereocenters. The molecule has 0 spiro atoms. The van der Waals surface area contributed by atoms with E-state index in [9.17, 15) is 4.79 Å². The second kappa shape index (κ2) is 6.58. The van der Waals surface area contributed by atoms with Crippen LogP contribution in [-0.2, 0) is 4.79 Å². The Kier molecular flexibility index (Phi) is 5.40. The van der Waals surface area contributed by atoms with Gasteiger partial charge in [-0.3, -0.25) is 9.69 Å². The number of rotatable bonds is 4. The summed E-state index contributed by atoms with van der Waals surface area (Å²) in [5.74, 6) is -0.523. The first-order valence-electron chi connectivity index (χ1n) is 6.51. The highest BCUT2D eigenvalue weighted by molar-refractivity contribution is 6.02. The van der Waals surface area contributed by atoms with Crippen molar-refractivity contribution < 1.29 is 10.0 Å². The molecule has 0 radical (unpaired) electrons. The van der Waals surface area contributed by atoms with Crippen molar-refractivity contribution in [3.63, 3.8) is 0 Å². The molecular formula is C12H24N4O2. The number of hydrogen-bond acceptors (Lipinski definition) is 4. The zero-order valence-corrected chi connectivity index (χ0v) is 11.5. The average Bonchev–Trinajstić information content (AvgIpc) is 2.39. The van der Waals surface area contributed by atoms with E-state index < -0.39 is 5.92 Å². The molecule has 0 aliphatic carbocycles. The van der Waals surface area contributed by atoms with E-state index >= 15 is 0 Å². The minimum atomic E-state index is -0.504. The third-order valence-electron chi connectivity index (χ3n) is 3.74. The Balaban J connectivity index is 2.72. The van der Waals surface area contributed by atoms with Gasteiger partial charge in [0.25, 0.3) is 0 Å². The molecule has 3 N–H and O–H groups in total. The van der Waals surface area contributed by atoms with E-state index in [4.69, 9.17) is 10.9 Å². The summed E-state index contributed by atoms with van der Waals surface area (Å²) in [5.41, 5.74) is 5.57. The van der Waals surface area contributed by atoms with Crippen molar-refractivity contribution >= 4 is 11.7 Å². The van der Waals surface area contributed by atoms with Gasteiger partial charge in [-0.1, -0.05) is 19.0 Å². The van der Waals surface area contributed by atoms with Crippen LogP contribution in [0.15, 0.2) is 5.16 Å². The van der Waals surface area contributed by atoms with Gasteiger partial charge in [-0.25, -0.2) is 0 Å². The number of likely N-dealkylation sites (N-methyl/N-ethyl adjacent to an activating group) is 1. The Labute approximate surface area is 108 Å². The predicted molar refractivity (Wildman–Crippen MR) is 70.5 cm³/mol. The van der Waals surface area contributed by atoms with Gasteiger partial charge in [0.1, 0.15) is 0 Å². The third-order valence-corrected chi connectivity index (χ3v) is 3.74. The van der Waals surface area contributed by atoms with Crippen molar-refractivity contribution in [3.05, 3.63) is 0 Å². The summed E-state index contributed by atoms with van der Waals surface area (Å²) in [5, 5.41) is 11.7. The van der Waals surface area contributed by atoms with Gasteiger partial charge in [0.2, 0.25) is 5.91 Å². The average molecular weight is 256 g/mol. The van der Waals surface area contributed by atoms with E-state index in [1.54, 1.807) is 0 Å². The molecule has 0 aromatic rings. The molecule has 2 atom stereocenters. The quantitative estimate of drug-likeness (QED) is 0.328. The van der Waals surface area contributed by atoms with Gasteiger partial charge < -0.3 is 15.8 Å². The zero-order chi connectivity index (χ0) is 13.7. The largest absolute Gasteiger partial charge is 0.409 e. The Bertz CT molecular complexity index is 319. The number of amides is 1. The van der Waals surface area contributed by atoms with Crippen LogP contribution in [0.3, 0.4) is 0 Å². The van der Waals surface area contributed by atoms with Crippen LogP contribution in [-0.4, -0.2) is 59.5 Å². The fourth-order valence-electron chi connectivity index (χ4n) is 2.39. The monoisotopic (exact) mass is 256 g/mol. The number of nitrogens with zero attached hydrogens (tertiary/aromatic N) is 3. The van der Waals surface area contributed by atoms with Crippen LogP contribution in [0.25, 0.3) is 0 Å². The van der Waals surface area contributed by atoms with Gasteiger partial charge in [-0.15, -0.1) is 0 Å². The molecule has 6 heteroatoms. The summed E-state index contributed by atoms with van der Waals surface area (Å²) in [6.07, 6.45) is 1.57. The lowest BCUT2D eigenvalue weighted by Gasteiger charge is -2.40. The van der Waals surface area contributed by atoms with Crippen LogP contribution in [0, 0.1) is 5.92 Å². The van der Waals surface area contributed by atoms with Crippen molar-refractivity contribution in [2.24, 2.45) is 16.8 Å². The molecule has 0 bridgehead atoms. The fourth-order valence-corrected chi connectivity index (χ4v) is 2.39. The Morgan fingerprint density at radius 1 is 1.50 bits per heavy atom. The molecule has 0 aromatic carbocycles. The maximum Gasteiger partial charge on any atom is 0.233 e. The summed E-state index contributed by atoms with van der Waals surface area (Å²) >= 11 is 0. The van der Waals surface area contributed by atoms with Crippen LogP contribution in [0.4, 0.5) is 0 Å². The van der Waals surface area contributed by atoms with Gasteiger partial charge in [0, 0.05) is 25.7 Å². The van der Waals surface area contributed by atoms with E-state index in [1.807, 2.05) is 11.8 Å². The summed E-state index contributed by atoms with van der Waals surface area (Å²) < 4.78 is 0.